The Balaban J connectivity index is 1.49. The zero-order valence-corrected chi connectivity index (χ0v) is 13.9. The highest BCUT2D eigenvalue weighted by Crippen LogP contribution is 2.30. The first-order valence-electron chi connectivity index (χ1n) is 7.77. The lowest BCUT2D eigenvalue weighted by atomic mass is 10.1. The topological polar surface area (TPSA) is 79.9 Å². The molecule has 2 N–H and O–H groups in total. The maximum atomic E-state index is 13.7. The van der Waals surface area contributed by atoms with Crippen LogP contribution < -0.4 is 5.32 Å². The SMILES string of the molecule is Cc1nc([C@@H]2CC[C@H](CNC(=O)Cc3c(F)cccc3Cl)O2)n[nH]1. The molecule has 1 saturated heterocycles. The molecule has 0 saturated carbocycles. The van der Waals surface area contributed by atoms with Crippen LogP contribution in [0.5, 0.6) is 0 Å². The van der Waals surface area contributed by atoms with E-state index < -0.39 is 5.82 Å². The Morgan fingerprint density at radius 3 is 3.04 bits per heavy atom. The number of rotatable bonds is 5. The molecule has 0 unspecified atom stereocenters. The molecule has 1 fully saturated rings. The molecule has 6 nitrogen and oxygen atoms in total. The van der Waals surface area contributed by atoms with Gasteiger partial charge >= 0.3 is 0 Å². The number of carbonyl (C=O) groups is 1. The molecule has 2 heterocycles. The summed E-state index contributed by atoms with van der Waals surface area (Å²) < 4.78 is 19.5. The van der Waals surface area contributed by atoms with Crippen molar-refractivity contribution >= 4 is 17.5 Å². The number of hydrogen-bond acceptors (Lipinski definition) is 4. The van der Waals surface area contributed by atoms with Crippen molar-refractivity contribution in [2.24, 2.45) is 0 Å². The third-order valence-corrected chi connectivity index (χ3v) is 4.29. The average molecular weight is 353 g/mol. The van der Waals surface area contributed by atoms with Gasteiger partial charge < -0.3 is 10.1 Å². The predicted octanol–water partition coefficient (Wildman–Crippen LogP) is 2.48. The molecule has 0 radical (unpaired) electrons. The first-order valence-corrected chi connectivity index (χ1v) is 8.14. The van der Waals surface area contributed by atoms with E-state index in [1.165, 1.54) is 12.1 Å². The highest BCUT2D eigenvalue weighted by Gasteiger charge is 2.29. The second-order valence-corrected chi connectivity index (χ2v) is 6.19. The minimum atomic E-state index is -0.477. The summed E-state index contributed by atoms with van der Waals surface area (Å²) in [6.45, 7) is 2.20. The van der Waals surface area contributed by atoms with Gasteiger partial charge in [-0.15, -0.1) is 0 Å². The van der Waals surface area contributed by atoms with Crippen LogP contribution in [-0.2, 0) is 16.0 Å². The number of ether oxygens (including phenoxy) is 1. The van der Waals surface area contributed by atoms with Gasteiger partial charge in [-0.05, 0) is 31.9 Å². The van der Waals surface area contributed by atoms with Gasteiger partial charge in [0, 0.05) is 17.1 Å². The lowest BCUT2D eigenvalue weighted by Gasteiger charge is -2.13. The van der Waals surface area contributed by atoms with Gasteiger partial charge in [-0.25, -0.2) is 9.37 Å². The molecule has 24 heavy (non-hydrogen) atoms. The molecule has 0 spiro atoms. The molecule has 3 rings (SSSR count). The summed E-state index contributed by atoms with van der Waals surface area (Å²) in [5, 5.41) is 9.91. The molecule has 0 bridgehead atoms. The van der Waals surface area contributed by atoms with Gasteiger partial charge in [0.05, 0.1) is 12.5 Å². The summed E-state index contributed by atoms with van der Waals surface area (Å²) in [5.41, 5.74) is 0.207. The average Bonchev–Trinajstić information content (AvgIpc) is 3.18. The van der Waals surface area contributed by atoms with E-state index in [0.29, 0.717) is 12.4 Å². The summed E-state index contributed by atoms with van der Waals surface area (Å²) in [6, 6.07) is 4.37. The van der Waals surface area contributed by atoms with Crippen molar-refractivity contribution in [1.29, 1.82) is 0 Å². The van der Waals surface area contributed by atoms with Crippen molar-refractivity contribution < 1.29 is 13.9 Å². The van der Waals surface area contributed by atoms with Gasteiger partial charge in [0.25, 0.3) is 0 Å². The van der Waals surface area contributed by atoms with Crippen LogP contribution in [-0.4, -0.2) is 33.7 Å². The molecule has 2 aromatic rings. The summed E-state index contributed by atoms with van der Waals surface area (Å²) in [7, 11) is 0. The molecule has 128 valence electrons. The molecule has 1 aliphatic rings. The Morgan fingerprint density at radius 1 is 1.50 bits per heavy atom. The van der Waals surface area contributed by atoms with Crippen LogP contribution in [0.15, 0.2) is 18.2 Å². The quantitative estimate of drug-likeness (QED) is 0.866. The van der Waals surface area contributed by atoms with Crippen LogP contribution >= 0.6 is 11.6 Å². The lowest BCUT2D eigenvalue weighted by molar-refractivity contribution is -0.121. The molecule has 2 atom stereocenters. The minimum absolute atomic E-state index is 0.0955. The molecule has 1 aromatic carbocycles. The Bertz CT molecular complexity index is 716. The maximum absolute atomic E-state index is 13.7. The van der Waals surface area contributed by atoms with E-state index in [1.807, 2.05) is 6.92 Å². The van der Waals surface area contributed by atoms with Crippen molar-refractivity contribution in [2.75, 3.05) is 6.54 Å². The van der Waals surface area contributed by atoms with Gasteiger partial charge in [0.1, 0.15) is 17.7 Å². The van der Waals surface area contributed by atoms with Crippen LogP contribution in [0.1, 0.15) is 36.2 Å². The first kappa shape index (κ1) is 16.9. The Kier molecular flexibility index (Phi) is 5.11. The number of amides is 1. The van der Waals surface area contributed by atoms with Gasteiger partial charge in [-0.1, -0.05) is 17.7 Å². The zero-order chi connectivity index (χ0) is 17.1. The van der Waals surface area contributed by atoms with E-state index in [4.69, 9.17) is 16.3 Å². The Hall–Kier alpha value is -1.99. The van der Waals surface area contributed by atoms with Gasteiger partial charge in [-0.3, -0.25) is 9.89 Å². The van der Waals surface area contributed by atoms with E-state index in [9.17, 15) is 9.18 Å². The highest BCUT2D eigenvalue weighted by molar-refractivity contribution is 6.31. The number of nitrogens with one attached hydrogen (secondary N) is 2. The molecule has 1 amide bonds. The van der Waals surface area contributed by atoms with Crippen LogP contribution in [0.4, 0.5) is 4.39 Å². The van der Waals surface area contributed by atoms with E-state index in [-0.39, 0.29) is 35.1 Å². The van der Waals surface area contributed by atoms with E-state index in [0.717, 1.165) is 18.7 Å². The summed E-state index contributed by atoms with van der Waals surface area (Å²) in [6.07, 6.45) is 1.25. The smallest absolute Gasteiger partial charge is 0.224 e. The number of H-pyrrole nitrogens is 1. The van der Waals surface area contributed by atoms with Gasteiger partial charge in [0.2, 0.25) is 5.91 Å². The number of carbonyl (C=O) groups excluding carboxylic acids is 1. The molecule has 1 aromatic heterocycles. The first-order chi connectivity index (χ1) is 11.5. The van der Waals surface area contributed by atoms with Crippen molar-refractivity contribution in [3.8, 4) is 0 Å². The summed E-state index contributed by atoms with van der Waals surface area (Å²) >= 11 is 5.93. The maximum Gasteiger partial charge on any atom is 0.224 e. The summed E-state index contributed by atoms with van der Waals surface area (Å²) in [5.74, 6) is 0.615. The minimum Gasteiger partial charge on any atom is -0.365 e. The molecule has 8 heteroatoms. The zero-order valence-electron chi connectivity index (χ0n) is 13.2. The van der Waals surface area contributed by atoms with E-state index >= 15 is 0 Å². The molecular weight excluding hydrogens is 335 g/mol. The molecule has 1 aliphatic heterocycles. The van der Waals surface area contributed by atoms with Crippen LogP contribution in [0.2, 0.25) is 5.02 Å². The number of nitrogens with zero attached hydrogens (tertiary/aromatic N) is 2. The number of benzene rings is 1. The van der Waals surface area contributed by atoms with Crippen LogP contribution in [0.3, 0.4) is 0 Å². The number of aromatic nitrogens is 3. The monoisotopic (exact) mass is 352 g/mol. The van der Waals surface area contributed by atoms with Crippen molar-refractivity contribution in [3.05, 3.63) is 46.3 Å². The molecular formula is C16H18ClFN4O2. The fourth-order valence-electron chi connectivity index (χ4n) is 2.70. The Labute approximate surface area is 143 Å². The second-order valence-electron chi connectivity index (χ2n) is 5.78. The van der Waals surface area contributed by atoms with E-state index in [1.54, 1.807) is 6.07 Å². The summed E-state index contributed by atoms with van der Waals surface area (Å²) in [4.78, 5) is 16.3. The normalized spacial score (nSPS) is 20.3. The highest BCUT2D eigenvalue weighted by atomic mass is 35.5. The standard InChI is InChI=1S/C16H18ClFN4O2/c1-9-20-16(22-21-9)14-6-5-10(24-14)8-19-15(23)7-11-12(17)3-2-4-13(11)18/h2-4,10,14H,5-8H2,1H3,(H,19,23)(H,20,21,22)/t10-,14+/m1/s1. The number of hydrogen-bond donors (Lipinski definition) is 2. The third-order valence-electron chi connectivity index (χ3n) is 3.94. The van der Waals surface area contributed by atoms with E-state index in [2.05, 4.69) is 20.5 Å². The fourth-order valence-corrected chi connectivity index (χ4v) is 2.93. The van der Waals surface area contributed by atoms with Crippen molar-refractivity contribution in [2.45, 2.75) is 38.4 Å². The van der Waals surface area contributed by atoms with Crippen LogP contribution in [0, 0.1) is 12.7 Å². The van der Waals surface area contributed by atoms with Crippen molar-refractivity contribution in [1.82, 2.24) is 20.5 Å². The van der Waals surface area contributed by atoms with Gasteiger partial charge in [-0.2, -0.15) is 5.10 Å². The lowest BCUT2D eigenvalue weighted by Crippen LogP contribution is -2.33. The third kappa shape index (κ3) is 3.91. The van der Waals surface area contributed by atoms with Crippen molar-refractivity contribution in [3.63, 3.8) is 0 Å². The number of halogens is 2. The largest absolute Gasteiger partial charge is 0.365 e. The van der Waals surface area contributed by atoms with Crippen LogP contribution in [0.25, 0.3) is 0 Å². The molecule has 0 aliphatic carbocycles. The number of aromatic amines is 1. The van der Waals surface area contributed by atoms with Gasteiger partial charge in [0.15, 0.2) is 5.82 Å². The Morgan fingerprint density at radius 2 is 2.33 bits per heavy atom. The fraction of sp³-hybridized carbons (Fsp3) is 0.438. The number of aryl methyl sites for hydroxylation is 1. The second kappa shape index (κ2) is 7.27. The predicted molar refractivity (Wildman–Crippen MR) is 86.1 cm³/mol.